The fourth-order valence-corrected chi connectivity index (χ4v) is 4.23. The summed E-state index contributed by atoms with van der Waals surface area (Å²) in [4.78, 5) is 25.3. The standard InChI is InChI=1S/C26H29NO3S/c1-5-6-17-30-25(29)23-20-9-7-8-10-21(20)31-24(23)27-22(28)16-13-18-11-14-19(15-12-18)26(2,3)4/h7-16H,5-6,17H2,1-4H3,(H,27,28)/b16-13+. The molecule has 3 aromatic rings. The lowest BCUT2D eigenvalue weighted by Gasteiger charge is -2.18. The van der Waals surface area contributed by atoms with Gasteiger partial charge in [-0.2, -0.15) is 0 Å². The van der Waals surface area contributed by atoms with E-state index in [2.05, 4.69) is 38.2 Å². The molecule has 1 aromatic heterocycles. The van der Waals surface area contributed by atoms with E-state index in [1.807, 2.05) is 43.3 Å². The van der Waals surface area contributed by atoms with Gasteiger partial charge in [0.1, 0.15) is 10.6 Å². The highest BCUT2D eigenvalue weighted by Gasteiger charge is 2.21. The number of ether oxygens (including phenoxy) is 1. The van der Waals surface area contributed by atoms with E-state index >= 15 is 0 Å². The number of carbonyl (C=O) groups is 2. The Hall–Kier alpha value is -2.92. The van der Waals surface area contributed by atoms with Crippen molar-refractivity contribution in [3.8, 4) is 0 Å². The van der Waals surface area contributed by atoms with E-state index in [0.717, 1.165) is 28.5 Å². The van der Waals surface area contributed by atoms with E-state index < -0.39 is 5.97 Å². The highest BCUT2D eigenvalue weighted by atomic mass is 32.1. The lowest BCUT2D eigenvalue weighted by molar-refractivity contribution is -0.111. The normalized spacial score (nSPS) is 11.7. The second-order valence-corrected chi connectivity index (χ2v) is 9.54. The van der Waals surface area contributed by atoms with Gasteiger partial charge in [0.05, 0.1) is 6.61 Å². The van der Waals surface area contributed by atoms with Crippen molar-refractivity contribution in [2.24, 2.45) is 0 Å². The quantitative estimate of drug-likeness (QED) is 0.252. The zero-order valence-corrected chi connectivity index (χ0v) is 19.3. The van der Waals surface area contributed by atoms with Gasteiger partial charge in [0.25, 0.3) is 0 Å². The number of anilines is 1. The molecule has 0 unspecified atom stereocenters. The molecule has 1 heterocycles. The highest BCUT2D eigenvalue weighted by molar-refractivity contribution is 7.23. The third-order valence-corrected chi connectivity index (χ3v) is 6.06. The number of unbranched alkanes of at least 4 members (excludes halogenated alkanes) is 1. The number of hydrogen-bond acceptors (Lipinski definition) is 4. The van der Waals surface area contributed by atoms with Gasteiger partial charge in [-0.3, -0.25) is 4.79 Å². The van der Waals surface area contributed by atoms with Gasteiger partial charge in [0.15, 0.2) is 0 Å². The minimum Gasteiger partial charge on any atom is -0.462 e. The Morgan fingerprint density at radius 1 is 1.06 bits per heavy atom. The van der Waals surface area contributed by atoms with Crippen LogP contribution in [0.1, 0.15) is 62.0 Å². The van der Waals surface area contributed by atoms with Crippen LogP contribution in [0.15, 0.2) is 54.6 Å². The summed E-state index contributed by atoms with van der Waals surface area (Å²) in [6, 6.07) is 15.8. The van der Waals surface area contributed by atoms with Crippen molar-refractivity contribution in [2.45, 2.75) is 46.0 Å². The number of fused-ring (bicyclic) bond motifs is 1. The van der Waals surface area contributed by atoms with Crippen LogP contribution >= 0.6 is 11.3 Å². The molecule has 3 rings (SSSR count). The Bertz CT molecular complexity index is 1090. The number of benzene rings is 2. The van der Waals surface area contributed by atoms with E-state index in [9.17, 15) is 9.59 Å². The van der Waals surface area contributed by atoms with Crippen LogP contribution in [0.25, 0.3) is 16.2 Å². The van der Waals surface area contributed by atoms with E-state index in [1.165, 1.54) is 23.0 Å². The summed E-state index contributed by atoms with van der Waals surface area (Å²) < 4.78 is 6.36. The van der Waals surface area contributed by atoms with Crippen LogP contribution in [-0.4, -0.2) is 18.5 Å². The van der Waals surface area contributed by atoms with Crippen molar-refractivity contribution in [2.75, 3.05) is 11.9 Å². The first kappa shape index (κ1) is 22.8. The number of rotatable bonds is 7. The monoisotopic (exact) mass is 435 g/mol. The Morgan fingerprint density at radius 3 is 2.45 bits per heavy atom. The Labute approximate surface area is 187 Å². The highest BCUT2D eigenvalue weighted by Crippen LogP contribution is 2.36. The van der Waals surface area contributed by atoms with Crippen LogP contribution in [-0.2, 0) is 14.9 Å². The van der Waals surface area contributed by atoms with Crippen molar-refractivity contribution >= 4 is 44.4 Å². The van der Waals surface area contributed by atoms with Gasteiger partial charge < -0.3 is 10.1 Å². The Balaban J connectivity index is 1.77. The summed E-state index contributed by atoms with van der Waals surface area (Å²) >= 11 is 1.38. The van der Waals surface area contributed by atoms with Crippen molar-refractivity contribution in [3.63, 3.8) is 0 Å². The molecule has 0 radical (unpaired) electrons. The predicted octanol–water partition coefficient (Wildman–Crippen LogP) is 6.81. The summed E-state index contributed by atoms with van der Waals surface area (Å²) in [7, 11) is 0. The van der Waals surface area contributed by atoms with Crippen LogP contribution < -0.4 is 5.32 Å². The lowest BCUT2D eigenvalue weighted by Crippen LogP contribution is -2.12. The molecule has 0 saturated heterocycles. The van der Waals surface area contributed by atoms with E-state index in [0.29, 0.717) is 17.2 Å². The number of amides is 1. The lowest BCUT2D eigenvalue weighted by atomic mass is 9.87. The van der Waals surface area contributed by atoms with Crippen molar-refractivity contribution in [1.82, 2.24) is 0 Å². The molecule has 2 aromatic carbocycles. The third-order valence-electron chi connectivity index (χ3n) is 4.97. The zero-order valence-electron chi connectivity index (χ0n) is 18.5. The minimum absolute atomic E-state index is 0.0862. The summed E-state index contributed by atoms with van der Waals surface area (Å²) in [5.74, 6) is -0.683. The molecule has 0 bridgehead atoms. The van der Waals surface area contributed by atoms with E-state index in [4.69, 9.17) is 4.74 Å². The molecule has 0 aliphatic rings. The van der Waals surface area contributed by atoms with E-state index in [1.54, 1.807) is 6.08 Å². The summed E-state index contributed by atoms with van der Waals surface area (Å²) in [5.41, 5.74) is 2.69. The average Bonchev–Trinajstić information content (AvgIpc) is 3.09. The first-order chi connectivity index (χ1) is 14.8. The number of nitrogens with one attached hydrogen (secondary N) is 1. The van der Waals surface area contributed by atoms with Gasteiger partial charge in [-0.25, -0.2) is 4.79 Å². The maximum atomic E-state index is 12.7. The summed E-state index contributed by atoms with van der Waals surface area (Å²) in [5, 5.41) is 4.18. The average molecular weight is 436 g/mol. The molecule has 0 fully saturated rings. The molecule has 0 spiro atoms. The van der Waals surface area contributed by atoms with Crippen molar-refractivity contribution in [3.05, 3.63) is 71.3 Å². The molecule has 5 heteroatoms. The maximum absolute atomic E-state index is 12.7. The molecule has 0 atom stereocenters. The summed E-state index contributed by atoms with van der Waals surface area (Å²) in [6.45, 7) is 8.92. The van der Waals surface area contributed by atoms with E-state index in [-0.39, 0.29) is 11.3 Å². The van der Waals surface area contributed by atoms with Gasteiger partial charge in [-0.1, -0.05) is 76.6 Å². The van der Waals surface area contributed by atoms with Crippen LogP contribution in [0, 0.1) is 0 Å². The molecule has 1 amide bonds. The molecule has 162 valence electrons. The summed E-state index contributed by atoms with van der Waals surface area (Å²) in [6.07, 6.45) is 5.02. The number of esters is 1. The first-order valence-electron chi connectivity index (χ1n) is 10.6. The Morgan fingerprint density at radius 2 is 1.77 bits per heavy atom. The van der Waals surface area contributed by atoms with Gasteiger partial charge in [-0.05, 0) is 35.1 Å². The first-order valence-corrected chi connectivity index (χ1v) is 11.4. The van der Waals surface area contributed by atoms with Gasteiger partial charge >= 0.3 is 5.97 Å². The fraction of sp³-hybridized carbons (Fsp3) is 0.308. The second kappa shape index (κ2) is 9.92. The topological polar surface area (TPSA) is 55.4 Å². The van der Waals surface area contributed by atoms with Gasteiger partial charge in [0.2, 0.25) is 5.91 Å². The maximum Gasteiger partial charge on any atom is 0.341 e. The minimum atomic E-state index is -0.400. The smallest absolute Gasteiger partial charge is 0.341 e. The van der Waals surface area contributed by atoms with Crippen molar-refractivity contribution < 1.29 is 14.3 Å². The van der Waals surface area contributed by atoms with Gasteiger partial charge in [-0.15, -0.1) is 11.3 Å². The van der Waals surface area contributed by atoms with Crippen LogP contribution in [0.5, 0.6) is 0 Å². The second-order valence-electron chi connectivity index (χ2n) is 8.49. The number of carbonyl (C=O) groups excluding carboxylic acids is 2. The third kappa shape index (κ3) is 5.82. The van der Waals surface area contributed by atoms with Crippen LogP contribution in [0.3, 0.4) is 0 Å². The van der Waals surface area contributed by atoms with Crippen LogP contribution in [0.2, 0.25) is 0 Å². The molecular formula is C26H29NO3S. The number of hydrogen-bond donors (Lipinski definition) is 1. The SMILES string of the molecule is CCCCOC(=O)c1c(NC(=O)/C=C/c2ccc(C(C)(C)C)cc2)sc2ccccc12. The predicted molar refractivity (Wildman–Crippen MR) is 130 cm³/mol. The molecule has 1 N–H and O–H groups in total. The molecule has 0 aliphatic carbocycles. The molecule has 31 heavy (non-hydrogen) atoms. The fourth-order valence-electron chi connectivity index (χ4n) is 3.14. The molecule has 0 aliphatic heterocycles. The Kier molecular flexibility index (Phi) is 7.29. The van der Waals surface area contributed by atoms with Crippen molar-refractivity contribution in [1.29, 1.82) is 0 Å². The molecule has 4 nitrogen and oxygen atoms in total. The van der Waals surface area contributed by atoms with Gasteiger partial charge in [0, 0.05) is 16.2 Å². The largest absolute Gasteiger partial charge is 0.462 e. The zero-order chi connectivity index (χ0) is 22.4. The molecular weight excluding hydrogens is 406 g/mol. The number of thiophene rings is 1. The molecule has 0 saturated carbocycles. The van der Waals surface area contributed by atoms with Crippen LogP contribution in [0.4, 0.5) is 5.00 Å².